The van der Waals surface area contributed by atoms with E-state index >= 15 is 0 Å². The van der Waals surface area contributed by atoms with Crippen molar-refractivity contribution in [2.75, 3.05) is 25.9 Å². The third-order valence-corrected chi connectivity index (χ3v) is 4.00. The normalized spacial score (nSPS) is 18.1. The first-order chi connectivity index (χ1) is 9.65. The standard InChI is InChI=1S/C16H26N2O2/c1-18(14-7-3-2-4-8-14)11-15(19)12-20-16-9-5-6-13(17)10-16/h5-6,9-10,14-15,19H,2-4,7-8,11-12,17H2,1H3. The summed E-state index contributed by atoms with van der Waals surface area (Å²) in [5.74, 6) is 0.712. The molecule has 4 heteroatoms. The number of ether oxygens (including phenoxy) is 1. The van der Waals surface area contributed by atoms with Crippen molar-refractivity contribution < 1.29 is 9.84 Å². The second kappa shape index (κ2) is 7.50. The van der Waals surface area contributed by atoms with Crippen LogP contribution in [-0.2, 0) is 0 Å². The van der Waals surface area contributed by atoms with Gasteiger partial charge in [0.25, 0.3) is 0 Å². The van der Waals surface area contributed by atoms with E-state index in [0.717, 1.165) is 0 Å². The van der Waals surface area contributed by atoms with Gasteiger partial charge in [0.15, 0.2) is 0 Å². The number of benzene rings is 1. The predicted molar refractivity (Wildman–Crippen MR) is 81.9 cm³/mol. The lowest BCUT2D eigenvalue weighted by Crippen LogP contribution is -2.40. The van der Waals surface area contributed by atoms with Crippen LogP contribution in [0.25, 0.3) is 0 Å². The molecule has 20 heavy (non-hydrogen) atoms. The molecule has 4 nitrogen and oxygen atoms in total. The summed E-state index contributed by atoms with van der Waals surface area (Å²) in [7, 11) is 2.10. The number of aliphatic hydroxyl groups is 1. The fourth-order valence-electron chi connectivity index (χ4n) is 2.85. The van der Waals surface area contributed by atoms with Crippen LogP contribution >= 0.6 is 0 Å². The van der Waals surface area contributed by atoms with Gasteiger partial charge >= 0.3 is 0 Å². The lowest BCUT2D eigenvalue weighted by atomic mass is 9.94. The Hall–Kier alpha value is -1.26. The number of likely N-dealkylation sites (N-methyl/N-ethyl adjacent to an activating group) is 1. The molecule has 1 aromatic rings. The Morgan fingerprint density at radius 3 is 2.80 bits per heavy atom. The van der Waals surface area contributed by atoms with Crippen molar-refractivity contribution in [3.05, 3.63) is 24.3 Å². The first kappa shape index (κ1) is 15.1. The van der Waals surface area contributed by atoms with Crippen molar-refractivity contribution >= 4 is 5.69 Å². The van der Waals surface area contributed by atoms with Crippen LogP contribution in [0.2, 0.25) is 0 Å². The van der Waals surface area contributed by atoms with Crippen LogP contribution in [0.1, 0.15) is 32.1 Å². The van der Waals surface area contributed by atoms with Crippen molar-refractivity contribution in [1.29, 1.82) is 0 Å². The Kier molecular flexibility index (Phi) is 5.68. The highest BCUT2D eigenvalue weighted by Crippen LogP contribution is 2.21. The van der Waals surface area contributed by atoms with Gasteiger partial charge in [-0.2, -0.15) is 0 Å². The quantitative estimate of drug-likeness (QED) is 0.784. The van der Waals surface area contributed by atoms with E-state index in [4.69, 9.17) is 10.5 Å². The van der Waals surface area contributed by atoms with Crippen LogP contribution in [0, 0.1) is 0 Å². The van der Waals surface area contributed by atoms with Crippen LogP contribution in [0.5, 0.6) is 5.75 Å². The van der Waals surface area contributed by atoms with Crippen LogP contribution in [0.3, 0.4) is 0 Å². The van der Waals surface area contributed by atoms with E-state index in [1.807, 2.05) is 18.2 Å². The monoisotopic (exact) mass is 278 g/mol. The van der Waals surface area contributed by atoms with Crippen molar-refractivity contribution in [3.63, 3.8) is 0 Å². The molecule has 3 N–H and O–H groups in total. The van der Waals surface area contributed by atoms with E-state index < -0.39 is 6.10 Å². The summed E-state index contributed by atoms with van der Waals surface area (Å²) in [6.07, 6.45) is 6.00. The van der Waals surface area contributed by atoms with Crippen molar-refractivity contribution in [3.8, 4) is 5.75 Å². The molecule has 0 bridgehead atoms. The molecule has 0 radical (unpaired) electrons. The summed E-state index contributed by atoms with van der Waals surface area (Å²) in [5.41, 5.74) is 6.37. The third-order valence-electron chi connectivity index (χ3n) is 4.00. The molecule has 2 rings (SSSR count). The zero-order chi connectivity index (χ0) is 14.4. The Balaban J connectivity index is 1.73. The summed E-state index contributed by atoms with van der Waals surface area (Å²) in [5, 5.41) is 10.1. The molecular formula is C16H26N2O2. The van der Waals surface area contributed by atoms with Crippen LogP contribution < -0.4 is 10.5 Å². The molecule has 0 aliphatic heterocycles. The number of nitrogens with two attached hydrogens (primary N) is 1. The molecular weight excluding hydrogens is 252 g/mol. The highest BCUT2D eigenvalue weighted by atomic mass is 16.5. The Morgan fingerprint density at radius 2 is 2.10 bits per heavy atom. The maximum Gasteiger partial charge on any atom is 0.121 e. The Labute approximate surface area is 121 Å². The van der Waals surface area contributed by atoms with Crippen LogP contribution in [-0.4, -0.2) is 42.4 Å². The molecule has 1 saturated carbocycles. The van der Waals surface area contributed by atoms with Gasteiger partial charge in [0.1, 0.15) is 18.5 Å². The molecule has 1 atom stereocenters. The summed E-state index contributed by atoms with van der Waals surface area (Å²) in [4.78, 5) is 2.27. The van der Waals surface area contributed by atoms with E-state index in [2.05, 4.69) is 11.9 Å². The molecule has 1 aliphatic rings. The average molecular weight is 278 g/mol. The van der Waals surface area contributed by atoms with E-state index in [1.165, 1.54) is 32.1 Å². The van der Waals surface area contributed by atoms with Crippen molar-refractivity contribution in [2.45, 2.75) is 44.2 Å². The zero-order valence-electron chi connectivity index (χ0n) is 12.3. The molecule has 112 valence electrons. The second-order valence-corrected chi connectivity index (χ2v) is 5.77. The van der Waals surface area contributed by atoms with Crippen molar-refractivity contribution in [2.24, 2.45) is 0 Å². The maximum absolute atomic E-state index is 10.1. The van der Waals surface area contributed by atoms with Crippen LogP contribution in [0.4, 0.5) is 5.69 Å². The average Bonchev–Trinajstić information content (AvgIpc) is 2.46. The van der Waals surface area contributed by atoms with Gasteiger partial charge < -0.3 is 20.5 Å². The number of nitrogens with zero attached hydrogens (tertiary/aromatic N) is 1. The molecule has 1 unspecified atom stereocenters. The maximum atomic E-state index is 10.1. The smallest absolute Gasteiger partial charge is 0.121 e. The molecule has 0 saturated heterocycles. The first-order valence-electron chi connectivity index (χ1n) is 7.52. The van der Waals surface area contributed by atoms with E-state index in [9.17, 15) is 5.11 Å². The number of hydrogen-bond donors (Lipinski definition) is 2. The van der Waals surface area contributed by atoms with Crippen molar-refractivity contribution in [1.82, 2.24) is 4.90 Å². The lowest BCUT2D eigenvalue weighted by molar-refractivity contribution is 0.0562. The Morgan fingerprint density at radius 1 is 1.35 bits per heavy atom. The minimum atomic E-state index is -0.469. The third kappa shape index (κ3) is 4.69. The first-order valence-corrected chi connectivity index (χ1v) is 7.52. The molecule has 1 fully saturated rings. The largest absolute Gasteiger partial charge is 0.491 e. The zero-order valence-corrected chi connectivity index (χ0v) is 12.3. The number of rotatable bonds is 6. The van der Waals surface area contributed by atoms with Gasteiger partial charge in [0.2, 0.25) is 0 Å². The van der Waals surface area contributed by atoms with Gasteiger partial charge in [-0.3, -0.25) is 0 Å². The van der Waals surface area contributed by atoms with E-state index in [0.29, 0.717) is 30.6 Å². The minimum Gasteiger partial charge on any atom is -0.491 e. The molecule has 0 aromatic heterocycles. The highest BCUT2D eigenvalue weighted by Gasteiger charge is 2.20. The van der Waals surface area contributed by atoms with Gasteiger partial charge in [0, 0.05) is 24.3 Å². The predicted octanol–water partition coefficient (Wildman–Crippen LogP) is 2.27. The van der Waals surface area contributed by atoms with Crippen LogP contribution in [0.15, 0.2) is 24.3 Å². The fraction of sp³-hybridized carbons (Fsp3) is 0.625. The SMILES string of the molecule is CN(CC(O)COc1cccc(N)c1)C1CCCCC1. The molecule has 1 aromatic carbocycles. The summed E-state index contributed by atoms with van der Waals surface area (Å²) >= 11 is 0. The fourth-order valence-corrected chi connectivity index (χ4v) is 2.85. The molecule has 0 spiro atoms. The number of nitrogen functional groups attached to an aromatic ring is 1. The number of hydrogen-bond acceptors (Lipinski definition) is 4. The number of anilines is 1. The van der Waals surface area contributed by atoms with Gasteiger partial charge in [-0.05, 0) is 32.0 Å². The number of aliphatic hydroxyl groups excluding tert-OH is 1. The highest BCUT2D eigenvalue weighted by molar-refractivity contribution is 5.43. The molecule has 0 amide bonds. The van der Waals surface area contributed by atoms with E-state index in [-0.39, 0.29) is 0 Å². The van der Waals surface area contributed by atoms with E-state index in [1.54, 1.807) is 6.07 Å². The minimum absolute atomic E-state index is 0.306. The van der Waals surface area contributed by atoms with Gasteiger partial charge in [-0.25, -0.2) is 0 Å². The summed E-state index contributed by atoms with van der Waals surface area (Å²) in [6, 6.07) is 7.92. The molecule has 1 aliphatic carbocycles. The summed E-state index contributed by atoms with van der Waals surface area (Å²) < 4.78 is 5.58. The second-order valence-electron chi connectivity index (χ2n) is 5.77. The Bertz CT molecular complexity index is 405. The molecule has 0 heterocycles. The van der Waals surface area contributed by atoms with Gasteiger partial charge in [-0.15, -0.1) is 0 Å². The topological polar surface area (TPSA) is 58.7 Å². The lowest BCUT2D eigenvalue weighted by Gasteiger charge is -2.32. The van der Waals surface area contributed by atoms with Gasteiger partial charge in [-0.1, -0.05) is 25.3 Å². The van der Waals surface area contributed by atoms with Gasteiger partial charge in [0.05, 0.1) is 0 Å². The summed E-state index contributed by atoms with van der Waals surface area (Å²) in [6.45, 7) is 0.966.